The number of piperidine rings is 1. The van der Waals surface area contributed by atoms with Crippen LogP contribution in [0, 0.1) is 0 Å². The normalized spacial score (nSPS) is 22.6. The number of nitrogens with one attached hydrogen (secondary N) is 1. The Labute approximate surface area is 131 Å². The summed E-state index contributed by atoms with van der Waals surface area (Å²) in [6, 6.07) is 8.34. The summed E-state index contributed by atoms with van der Waals surface area (Å²) in [5.74, 6) is 0.970. The Hall–Kier alpha value is -1.75. The number of amides is 1. The molecule has 0 aromatic heterocycles. The third-order valence-electron chi connectivity index (χ3n) is 4.49. The molecule has 22 heavy (non-hydrogen) atoms. The van der Waals surface area contributed by atoms with Crippen molar-refractivity contribution in [2.75, 3.05) is 31.7 Å². The molecule has 1 aromatic rings. The standard InChI is InChI=1S/C17H24N2O3/c1-21-15-6-3-2-5-14(15)19-10-8-13(9-11-19)18-17(20)16-7-4-12-22-16/h2-3,5-6,13,16H,4,7-12H2,1H3,(H,18,20). The molecule has 1 N–H and O–H groups in total. The Balaban J connectivity index is 1.53. The molecule has 0 aliphatic carbocycles. The molecular formula is C17H24N2O3. The summed E-state index contributed by atoms with van der Waals surface area (Å²) < 4.78 is 10.9. The number of nitrogens with zero attached hydrogens (tertiary/aromatic N) is 1. The first kappa shape index (κ1) is 15.2. The average Bonchev–Trinajstić information content (AvgIpc) is 3.10. The van der Waals surface area contributed by atoms with Crippen LogP contribution in [0.25, 0.3) is 0 Å². The lowest BCUT2D eigenvalue weighted by molar-refractivity contribution is -0.130. The van der Waals surface area contributed by atoms with Gasteiger partial charge in [-0.3, -0.25) is 4.79 Å². The highest BCUT2D eigenvalue weighted by molar-refractivity contribution is 5.81. The summed E-state index contributed by atoms with van der Waals surface area (Å²) in [7, 11) is 1.70. The van der Waals surface area contributed by atoms with Gasteiger partial charge >= 0.3 is 0 Å². The van der Waals surface area contributed by atoms with Crippen molar-refractivity contribution in [3.63, 3.8) is 0 Å². The van der Waals surface area contributed by atoms with Gasteiger partial charge in [0.05, 0.1) is 12.8 Å². The van der Waals surface area contributed by atoms with Crippen molar-refractivity contribution in [3.05, 3.63) is 24.3 Å². The fraction of sp³-hybridized carbons (Fsp3) is 0.588. The lowest BCUT2D eigenvalue weighted by atomic mass is 10.0. The van der Waals surface area contributed by atoms with Gasteiger partial charge in [0.15, 0.2) is 0 Å². The number of hydrogen-bond donors (Lipinski definition) is 1. The molecule has 1 unspecified atom stereocenters. The first-order valence-electron chi connectivity index (χ1n) is 8.08. The van der Waals surface area contributed by atoms with Crippen LogP contribution in [-0.4, -0.2) is 44.9 Å². The molecule has 2 fully saturated rings. The molecule has 1 amide bonds. The minimum absolute atomic E-state index is 0.0632. The van der Waals surface area contributed by atoms with Gasteiger partial charge in [-0.1, -0.05) is 12.1 Å². The molecule has 2 aliphatic heterocycles. The smallest absolute Gasteiger partial charge is 0.249 e. The van der Waals surface area contributed by atoms with Crippen LogP contribution >= 0.6 is 0 Å². The number of anilines is 1. The van der Waals surface area contributed by atoms with Gasteiger partial charge in [0.1, 0.15) is 11.9 Å². The van der Waals surface area contributed by atoms with E-state index < -0.39 is 0 Å². The predicted octanol–water partition coefficient (Wildman–Crippen LogP) is 1.96. The minimum atomic E-state index is -0.229. The van der Waals surface area contributed by atoms with Crippen molar-refractivity contribution in [3.8, 4) is 5.75 Å². The Kier molecular flexibility index (Phi) is 4.83. The van der Waals surface area contributed by atoms with Crippen LogP contribution in [0.3, 0.4) is 0 Å². The molecule has 1 atom stereocenters. The maximum absolute atomic E-state index is 12.1. The molecule has 5 nitrogen and oxygen atoms in total. The van der Waals surface area contributed by atoms with Crippen molar-refractivity contribution >= 4 is 11.6 Å². The first-order chi connectivity index (χ1) is 10.8. The quantitative estimate of drug-likeness (QED) is 0.924. The average molecular weight is 304 g/mol. The molecule has 5 heteroatoms. The fourth-order valence-corrected chi connectivity index (χ4v) is 3.23. The van der Waals surface area contributed by atoms with Gasteiger partial charge in [-0.15, -0.1) is 0 Å². The molecule has 1 aromatic carbocycles. The van der Waals surface area contributed by atoms with E-state index in [9.17, 15) is 4.79 Å². The summed E-state index contributed by atoms with van der Waals surface area (Å²) >= 11 is 0. The molecule has 0 bridgehead atoms. The summed E-state index contributed by atoms with van der Waals surface area (Å²) in [6.45, 7) is 2.57. The van der Waals surface area contributed by atoms with E-state index in [2.05, 4.69) is 16.3 Å². The Bertz CT molecular complexity index is 506. The van der Waals surface area contributed by atoms with E-state index in [-0.39, 0.29) is 18.1 Å². The first-order valence-corrected chi connectivity index (χ1v) is 8.08. The van der Waals surface area contributed by atoms with Crippen LogP contribution in [0.5, 0.6) is 5.75 Å². The lowest BCUT2D eigenvalue weighted by Gasteiger charge is -2.34. The number of rotatable bonds is 4. The van der Waals surface area contributed by atoms with Gasteiger partial charge in [0, 0.05) is 25.7 Å². The second-order valence-corrected chi connectivity index (χ2v) is 5.94. The van der Waals surface area contributed by atoms with Crippen LogP contribution < -0.4 is 15.0 Å². The van der Waals surface area contributed by atoms with E-state index in [0.717, 1.165) is 50.2 Å². The second kappa shape index (κ2) is 7.01. The van der Waals surface area contributed by atoms with E-state index in [1.165, 1.54) is 0 Å². The summed E-state index contributed by atoms with van der Waals surface area (Å²) in [4.78, 5) is 14.4. The zero-order valence-electron chi connectivity index (χ0n) is 13.1. The number of para-hydroxylation sites is 2. The van der Waals surface area contributed by atoms with Crippen molar-refractivity contribution in [1.82, 2.24) is 5.32 Å². The highest BCUT2D eigenvalue weighted by Gasteiger charge is 2.27. The van der Waals surface area contributed by atoms with E-state index in [1.807, 2.05) is 18.2 Å². The van der Waals surface area contributed by atoms with Crippen molar-refractivity contribution < 1.29 is 14.3 Å². The van der Waals surface area contributed by atoms with Gasteiger partial charge in [0.2, 0.25) is 5.91 Å². The molecule has 3 rings (SSSR count). The molecule has 2 heterocycles. The molecule has 2 saturated heterocycles. The Morgan fingerprint density at radius 2 is 2.05 bits per heavy atom. The lowest BCUT2D eigenvalue weighted by Crippen LogP contribution is -2.47. The van der Waals surface area contributed by atoms with Crippen molar-refractivity contribution in [1.29, 1.82) is 0 Å². The fourth-order valence-electron chi connectivity index (χ4n) is 3.23. The maximum atomic E-state index is 12.1. The van der Waals surface area contributed by atoms with Gasteiger partial charge in [-0.25, -0.2) is 0 Å². The molecular weight excluding hydrogens is 280 g/mol. The van der Waals surface area contributed by atoms with Crippen LogP contribution in [0.15, 0.2) is 24.3 Å². The molecule has 2 aliphatic rings. The largest absolute Gasteiger partial charge is 0.495 e. The summed E-state index contributed by atoms with van der Waals surface area (Å²) in [5.41, 5.74) is 1.13. The molecule has 120 valence electrons. The number of ether oxygens (including phenoxy) is 2. The van der Waals surface area contributed by atoms with Crippen LogP contribution in [0.1, 0.15) is 25.7 Å². The SMILES string of the molecule is COc1ccccc1N1CCC(NC(=O)C2CCCO2)CC1. The highest BCUT2D eigenvalue weighted by atomic mass is 16.5. The van der Waals surface area contributed by atoms with Crippen LogP contribution in [-0.2, 0) is 9.53 Å². The van der Waals surface area contributed by atoms with Gasteiger partial charge < -0.3 is 19.7 Å². The van der Waals surface area contributed by atoms with Gasteiger partial charge in [-0.05, 0) is 37.8 Å². The summed E-state index contributed by atoms with van der Waals surface area (Å²) in [6.07, 6.45) is 3.52. The predicted molar refractivity (Wildman–Crippen MR) is 85.3 cm³/mol. The van der Waals surface area contributed by atoms with Gasteiger partial charge in [0.25, 0.3) is 0 Å². The highest BCUT2D eigenvalue weighted by Crippen LogP contribution is 2.29. The summed E-state index contributed by atoms with van der Waals surface area (Å²) in [5, 5.41) is 3.14. The van der Waals surface area contributed by atoms with E-state index in [0.29, 0.717) is 6.61 Å². The van der Waals surface area contributed by atoms with Crippen LogP contribution in [0.2, 0.25) is 0 Å². The minimum Gasteiger partial charge on any atom is -0.495 e. The molecule has 0 spiro atoms. The third-order valence-corrected chi connectivity index (χ3v) is 4.49. The Morgan fingerprint density at radius 1 is 1.27 bits per heavy atom. The topological polar surface area (TPSA) is 50.8 Å². The zero-order chi connectivity index (χ0) is 15.4. The molecule has 0 saturated carbocycles. The van der Waals surface area contributed by atoms with Crippen LogP contribution in [0.4, 0.5) is 5.69 Å². The zero-order valence-corrected chi connectivity index (χ0v) is 13.1. The van der Waals surface area contributed by atoms with Crippen molar-refractivity contribution in [2.24, 2.45) is 0 Å². The second-order valence-electron chi connectivity index (χ2n) is 5.94. The van der Waals surface area contributed by atoms with E-state index in [1.54, 1.807) is 7.11 Å². The number of benzene rings is 1. The third kappa shape index (κ3) is 3.35. The van der Waals surface area contributed by atoms with E-state index >= 15 is 0 Å². The molecule has 0 radical (unpaired) electrons. The Morgan fingerprint density at radius 3 is 2.73 bits per heavy atom. The number of methoxy groups -OCH3 is 1. The number of carbonyl (C=O) groups is 1. The van der Waals surface area contributed by atoms with Gasteiger partial charge in [-0.2, -0.15) is 0 Å². The maximum Gasteiger partial charge on any atom is 0.249 e. The monoisotopic (exact) mass is 304 g/mol. The number of hydrogen-bond acceptors (Lipinski definition) is 4. The van der Waals surface area contributed by atoms with Crippen molar-refractivity contribution in [2.45, 2.75) is 37.8 Å². The van der Waals surface area contributed by atoms with E-state index in [4.69, 9.17) is 9.47 Å². The number of carbonyl (C=O) groups excluding carboxylic acids is 1.